The third-order valence-electron chi connectivity index (χ3n) is 1.78. The molecular formula is C9H8N4. The molecule has 0 aromatic carbocycles. The molecule has 0 radical (unpaired) electrons. The Morgan fingerprint density at radius 1 is 1.54 bits per heavy atom. The highest BCUT2D eigenvalue weighted by Crippen LogP contribution is 2.02. The number of hydrogen-bond acceptors (Lipinski definition) is 2. The fraction of sp³-hybridized carbons (Fsp3) is 0.111. The van der Waals surface area contributed by atoms with Crippen LogP contribution in [0.3, 0.4) is 0 Å². The summed E-state index contributed by atoms with van der Waals surface area (Å²) in [5, 5.41) is 8.58. The normalized spacial score (nSPS) is 9.77. The summed E-state index contributed by atoms with van der Waals surface area (Å²) >= 11 is 0. The monoisotopic (exact) mass is 172 g/mol. The summed E-state index contributed by atoms with van der Waals surface area (Å²) in [5.74, 6) is 0. The molecule has 0 spiro atoms. The van der Waals surface area contributed by atoms with E-state index in [1.807, 2.05) is 22.9 Å². The van der Waals surface area contributed by atoms with Crippen molar-refractivity contribution >= 4 is 0 Å². The predicted molar refractivity (Wildman–Crippen MR) is 46.8 cm³/mol. The van der Waals surface area contributed by atoms with Crippen molar-refractivity contribution in [3.05, 3.63) is 42.2 Å². The molecule has 2 rings (SSSR count). The molecule has 0 saturated heterocycles. The van der Waals surface area contributed by atoms with Crippen LogP contribution in [0.15, 0.2) is 30.9 Å². The lowest BCUT2D eigenvalue weighted by molar-refractivity contribution is 0.778. The van der Waals surface area contributed by atoms with Gasteiger partial charge in [-0.25, -0.2) is 4.98 Å². The van der Waals surface area contributed by atoms with Crippen LogP contribution >= 0.6 is 0 Å². The lowest BCUT2D eigenvalue weighted by atomic mass is 10.4. The van der Waals surface area contributed by atoms with Crippen molar-refractivity contribution in [2.24, 2.45) is 0 Å². The molecular weight excluding hydrogens is 164 g/mol. The summed E-state index contributed by atoms with van der Waals surface area (Å²) < 4.78 is 1.94. The van der Waals surface area contributed by atoms with Gasteiger partial charge in [0.2, 0.25) is 0 Å². The van der Waals surface area contributed by atoms with Gasteiger partial charge in [-0.2, -0.15) is 5.26 Å². The third kappa shape index (κ3) is 1.59. The van der Waals surface area contributed by atoms with Gasteiger partial charge >= 0.3 is 0 Å². The summed E-state index contributed by atoms with van der Waals surface area (Å²) in [6, 6.07) is 5.72. The molecule has 64 valence electrons. The lowest BCUT2D eigenvalue weighted by Gasteiger charge is -1.97. The van der Waals surface area contributed by atoms with Crippen LogP contribution in [-0.4, -0.2) is 14.5 Å². The molecule has 0 fully saturated rings. The lowest BCUT2D eigenvalue weighted by Crippen LogP contribution is -1.96. The number of rotatable bonds is 2. The number of nitrogens with one attached hydrogen (secondary N) is 1. The van der Waals surface area contributed by atoms with E-state index in [1.165, 1.54) is 0 Å². The van der Waals surface area contributed by atoms with E-state index in [-0.39, 0.29) is 0 Å². The summed E-state index contributed by atoms with van der Waals surface area (Å²) in [6.07, 6.45) is 5.36. The Hall–Kier alpha value is -2.02. The van der Waals surface area contributed by atoms with Gasteiger partial charge in [0.05, 0.1) is 12.9 Å². The summed E-state index contributed by atoms with van der Waals surface area (Å²) in [5.41, 5.74) is 1.60. The summed E-state index contributed by atoms with van der Waals surface area (Å²) in [4.78, 5) is 6.92. The molecule has 0 aliphatic rings. The zero-order valence-electron chi connectivity index (χ0n) is 6.94. The van der Waals surface area contributed by atoms with Gasteiger partial charge in [-0.3, -0.25) is 0 Å². The topological polar surface area (TPSA) is 57.4 Å². The maximum Gasteiger partial charge on any atom is 0.117 e. The van der Waals surface area contributed by atoms with E-state index in [0.29, 0.717) is 5.69 Å². The largest absolute Gasteiger partial charge is 0.349 e. The van der Waals surface area contributed by atoms with Crippen molar-refractivity contribution in [1.29, 1.82) is 5.26 Å². The number of hydrogen-bond donors (Lipinski definition) is 1. The van der Waals surface area contributed by atoms with Crippen molar-refractivity contribution in [2.75, 3.05) is 0 Å². The van der Waals surface area contributed by atoms with Gasteiger partial charge < -0.3 is 9.55 Å². The van der Waals surface area contributed by atoms with Crippen molar-refractivity contribution in [3.63, 3.8) is 0 Å². The van der Waals surface area contributed by atoms with Crippen molar-refractivity contribution in [2.45, 2.75) is 6.54 Å². The molecule has 4 heteroatoms. The van der Waals surface area contributed by atoms with Crippen LogP contribution in [0.5, 0.6) is 0 Å². The van der Waals surface area contributed by atoms with E-state index in [2.05, 4.69) is 9.97 Å². The van der Waals surface area contributed by atoms with Gasteiger partial charge in [-0.05, 0) is 12.1 Å². The second-order valence-electron chi connectivity index (χ2n) is 2.74. The molecule has 2 heterocycles. The average Bonchev–Trinajstić information content (AvgIpc) is 2.76. The van der Waals surface area contributed by atoms with E-state index in [4.69, 9.17) is 5.26 Å². The minimum absolute atomic E-state index is 0.593. The fourth-order valence-electron chi connectivity index (χ4n) is 1.17. The van der Waals surface area contributed by atoms with E-state index in [1.54, 1.807) is 18.6 Å². The highest BCUT2D eigenvalue weighted by Gasteiger charge is 1.97. The van der Waals surface area contributed by atoms with Gasteiger partial charge in [0, 0.05) is 18.1 Å². The Bertz CT molecular complexity index is 419. The van der Waals surface area contributed by atoms with Crippen LogP contribution < -0.4 is 0 Å². The van der Waals surface area contributed by atoms with Gasteiger partial charge in [0.25, 0.3) is 0 Å². The molecule has 1 N–H and O–H groups in total. The molecule has 0 aliphatic heterocycles. The Balaban J connectivity index is 2.15. The number of H-pyrrole nitrogens is 1. The number of aromatic nitrogens is 3. The Morgan fingerprint density at radius 2 is 2.46 bits per heavy atom. The first-order valence-corrected chi connectivity index (χ1v) is 3.92. The van der Waals surface area contributed by atoms with Crippen LogP contribution in [0.4, 0.5) is 0 Å². The van der Waals surface area contributed by atoms with Crippen molar-refractivity contribution in [3.8, 4) is 6.07 Å². The standard InChI is InChI=1S/C9H8N4/c10-5-8-1-2-9(12-8)6-13-4-3-11-7-13/h1-4,7,12H,6H2. The number of nitriles is 1. The van der Waals surface area contributed by atoms with Crippen molar-refractivity contribution < 1.29 is 0 Å². The predicted octanol–water partition coefficient (Wildman–Crippen LogP) is 1.13. The summed E-state index contributed by atoms with van der Waals surface area (Å²) in [6.45, 7) is 0.724. The Morgan fingerprint density at radius 3 is 3.08 bits per heavy atom. The first-order valence-electron chi connectivity index (χ1n) is 3.92. The highest BCUT2D eigenvalue weighted by molar-refractivity contribution is 5.24. The van der Waals surface area contributed by atoms with E-state index in [0.717, 1.165) is 12.2 Å². The zero-order chi connectivity index (χ0) is 9.10. The maximum absolute atomic E-state index is 8.58. The van der Waals surface area contributed by atoms with E-state index < -0.39 is 0 Å². The van der Waals surface area contributed by atoms with E-state index >= 15 is 0 Å². The number of aromatic amines is 1. The average molecular weight is 172 g/mol. The second-order valence-corrected chi connectivity index (χ2v) is 2.74. The Labute approximate surface area is 75.5 Å². The molecule has 0 aliphatic carbocycles. The van der Waals surface area contributed by atoms with Gasteiger partial charge in [0.1, 0.15) is 11.8 Å². The third-order valence-corrected chi connectivity index (χ3v) is 1.78. The molecule has 13 heavy (non-hydrogen) atoms. The Kier molecular flexibility index (Phi) is 1.85. The van der Waals surface area contributed by atoms with Gasteiger partial charge in [0.15, 0.2) is 0 Å². The first-order chi connectivity index (χ1) is 6.38. The summed E-state index contributed by atoms with van der Waals surface area (Å²) in [7, 11) is 0. The molecule has 0 amide bonds. The molecule has 4 nitrogen and oxygen atoms in total. The number of nitrogens with zero attached hydrogens (tertiary/aromatic N) is 3. The second kappa shape index (κ2) is 3.15. The van der Waals surface area contributed by atoms with Gasteiger partial charge in [-0.1, -0.05) is 0 Å². The molecule has 0 saturated carbocycles. The SMILES string of the molecule is N#Cc1ccc(Cn2ccnc2)[nH]1. The fourth-order valence-corrected chi connectivity index (χ4v) is 1.17. The zero-order valence-corrected chi connectivity index (χ0v) is 6.94. The molecule has 0 bridgehead atoms. The molecule has 2 aromatic heterocycles. The molecule has 0 unspecified atom stereocenters. The van der Waals surface area contributed by atoms with Crippen LogP contribution in [-0.2, 0) is 6.54 Å². The minimum Gasteiger partial charge on any atom is -0.349 e. The van der Waals surface area contributed by atoms with Crippen LogP contribution in [0.25, 0.3) is 0 Å². The van der Waals surface area contributed by atoms with Crippen LogP contribution in [0, 0.1) is 11.3 Å². The molecule has 0 atom stereocenters. The highest BCUT2D eigenvalue weighted by atomic mass is 15.0. The maximum atomic E-state index is 8.58. The quantitative estimate of drug-likeness (QED) is 0.738. The van der Waals surface area contributed by atoms with Gasteiger partial charge in [-0.15, -0.1) is 0 Å². The van der Waals surface area contributed by atoms with E-state index in [9.17, 15) is 0 Å². The molecule has 2 aromatic rings. The van der Waals surface area contributed by atoms with Crippen molar-refractivity contribution in [1.82, 2.24) is 14.5 Å². The first kappa shape index (κ1) is 7.62. The van der Waals surface area contributed by atoms with Crippen LogP contribution in [0.2, 0.25) is 0 Å². The minimum atomic E-state index is 0.593. The smallest absolute Gasteiger partial charge is 0.117 e. The van der Waals surface area contributed by atoms with Crippen LogP contribution in [0.1, 0.15) is 11.4 Å². The number of imidazole rings is 1.